The Morgan fingerprint density at radius 3 is 2.39 bits per heavy atom. The lowest BCUT2D eigenvalue weighted by Gasteiger charge is -2.38. The second-order valence-corrected chi connectivity index (χ2v) is 15.8. The first-order valence-electron chi connectivity index (χ1n) is 18.9. The van der Waals surface area contributed by atoms with Crippen molar-refractivity contribution in [2.45, 2.75) is 68.8 Å². The molecule has 8 atom stereocenters. The highest BCUT2D eigenvalue weighted by atomic mass is 79.9. The van der Waals surface area contributed by atoms with E-state index in [-0.39, 0.29) is 32.0 Å². The summed E-state index contributed by atoms with van der Waals surface area (Å²) < 4.78 is 15.3. The zero-order valence-electron chi connectivity index (χ0n) is 31.1. The maximum absolute atomic E-state index is 15.4. The Hall–Kier alpha value is -5.18. The Morgan fingerprint density at radius 1 is 0.929 bits per heavy atom. The minimum Gasteiger partial charge on any atom is -0.455 e. The number of para-hydroxylation sites is 1. The van der Waals surface area contributed by atoms with Crippen LogP contribution in [-0.4, -0.2) is 109 Å². The number of nitrogens with zero attached hydrogens (tertiary/aromatic N) is 6. The second kappa shape index (κ2) is 15.4. The molecule has 2 saturated heterocycles. The Kier molecular flexibility index (Phi) is 10.4. The number of aliphatic hydroxyl groups is 1. The number of esters is 1. The number of hydrogen-bond acceptors (Lipinski definition) is 9. The number of aliphatic hydroxyl groups excluding tert-OH is 1. The first-order chi connectivity index (χ1) is 27.1. The lowest BCUT2D eigenvalue weighted by Crippen LogP contribution is -2.59. The predicted molar refractivity (Wildman–Crippen MR) is 208 cm³/mol. The lowest BCUT2D eigenvalue weighted by molar-refractivity contribution is -0.164. The summed E-state index contributed by atoms with van der Waals surface area (Å²) in [5, 5.41) is 19.7. The number of carbonyl (C=O) groups excluding carboxylic acids is 4. The van der Waals surface area contributed by atoms with Crippen LogP contribution in [0.15, 0.2) is 108 Å². The number of benzene rings is 3. The van der Waals surface area contributed by atoms with Crippen LogP contribution in [0.3, 0.4) is 0 Å². The summed E-state index contributed by atoms with van der Waals surface area (Å²) in [5.74, 6) is -4.06. The van der Waals surface area contributed by atoms with Gasteiger partial charge in [-0.3, -0.25) is 19.2 Å². The van der Waals surface area contributed by atoms with Gasteiger partial charge in [-0.1, -0.05) is 106 Å². The number of ether oxygens (including phenoxy) is 2. The second-order valence-electron chi connectivity index (χ2n) is 14.9. The number of hydrogen-bond donors (Lipinski definition) is 1. The van der Waals surface area contributed by atoms with Gasteiger partial charge in [0.1, 0.15) is 42.0 Å². The molecule has 4 aliphatic rings. The molecule has 0 saturated carbocycles. The van der Waals surface area contributed by atoms with Crippen molar-refractivity contribution < 1.29 is 33.8 Å². The van der Waals surface area contributed by atoms with Crippen molar-refractivity contribution in [1.29, 1.82) is 0 Å². The molecule has 1 aromatic heterocycles. The first kappa shape index (κ1) is 37.7. The highest BCUT2D eigenvalue weighted by molar-refractivity contribution is 9.11. The van der Waals surface area contributed by atoms with E-state index in [4.69, 9.17) is 9.47 Å². The van der Waals surface area contributed by atoms with Crippen LogP contribution >= 0.6 is 15.9 Å². The highest BCUT2D eigenvalue weighted by Crippen LogP contribution is 2.59. The van der Waals surface area contributed by atoms with Gasteiger partial charge in [0.15, 0.2) is 0 Å². The van der Waals surface area contributed by atoms with Gasteiger partial charge in [0.2, 0.25) is 11.8 Å². The van der Waals surface area contributed by atoms with E-state index >= 15 is 9.59 Å². The molecule has 0 radical (unpaired) electrons. The molecule has 8 rings (SSSR count). The number of amides is 3. The largest absolute Gasteiger partial charge is 0.455 e. The van der Waals surface area contributed by atoms with E-state index in [2.05, 4.69) is 26.2 Å². The van der Waals surface area contributed by atoms with Crippen molar-refractivity contribution in [3.63, 3.8) is 0 Å². The average Bonchev–Trinajstić information content (AvgIpc) is 3.94. The van der Waals surface area contributed by atoms with E-state index in [1.165, 1.54) is 4.90 Å². The van der Waals surface area contributed by atoms with Crippen molar-refractivity contribution in [3.8, 4) is 0 Å². The van der Waals surface area contributed by atoms with Gasteiger partial charge in [-0.25, -0.2) is 4.68 Å². The number of rotatable bonds is 7. The number of cyclic esters (lactones) is 1. The molecular formula is C42H43BrN6O7. The Balaban J connectivity index is 1.26. The number of halogens is 1. The van der Waals surface area contributed by atoms with Crippen molar-refractivity contribution in [2.24, 2.45) is 11.8 Å². The van der Waals surface area contributed by atoms with Crippen LogP contribution in [0.1, 0.15) is 37.0 Å². The summed E-state index contributed by atoms with van der Waals surface area (Å²) >= 11 is 3.64. The summed E-state index contributed by atoms with van der Waals surface area (Å²) in [6.07, 6.45) is 4.50. The normalized spacial score (nSPS) is 29.4. The predicted octanol–water partition coefficient (Wildman–Crippen LogP) is 4.18. The third-order valence-corrected chi connectivity index (χ3v) is 12.3. The fourth-order valence-electron chi connectivity index (χ4n) is 8.73. The molecule has 4 aliphatic heterocycles. The molecule has 0 aliphatic carbocycles. The van der Waals surface area contributed by atoms with Gasteiger partial charge < -0.3 is 29.3 Å². The van der Waals surface area contributed by atoms with Crippen LogP contribution in [0.5, 0.6) is 0 Å². The lowest BCUT2D eigenvalue weighted by atomic mass is 9.74. The van der Waals surface area contributed by atoms with Crippen LogP contribution in [0.25, 0.3) is 11.0 Å². The van der Waals surface area contributed by atoms with E-state index < -0.39 is 72.2 Å². The Morgan fingerprint density at radius 2 is 1.64 bits per heavy atom. The Labute approximate surface area is 332 Å². The van der Waals surface area contributed by atoms with Gasteiger partial charge in [0.25, 0.3) is 5.91 Å². The molecule has 0 unspecified atom stereocenters. The molecule has 5 heterocycles. The third-order valence-electron chi connectivity index (χ3n) is 11.7. The summed E-state index contributed by atoms with van der Waals surface area (Å²) in [6, 6.07) is 23.4. The molecule has 5 bridgehead atoms. The standard InChI is InChI=1S/C42H43BrN6O7/c1-26-36(28-16-8-4-9-17-28)55-41(54)34-35-39(52)49(29(24-50)22-27-14-6-3-7-15-27)38(42(35)23-30(43)37(34)56-42)40(53)47(21-13-5-10-20-33(51)46(26)2)25-48-32-19-12-11-18-31(32)44-45-48/h3-9,11-19,23,26,29,34-38,50H,10,20-22,24-25H2,1-2H3/b13-5-/t26-,29-,34+,35-,36+,37+,38+,42-/m1/s1. The van der Waals surface area contributed by atoms with Crippen LogP contribution in [-0.2, 0) is 41.7 Å². The SMILES string of the molecule is C[C@@H]1[C@@H](c2ccccc2)OC(=O)[C@@H]2[C@H]3O[C@@]4(C=C3Br)[C@H](C(=O)N(Cn3nnc5ccccc53)C/C=C\CCC(=O)N1C)N([C@@H](CO)Cc1ccccc1)C(=O)[C@@H]24. The van der Waals surface area contributed by atoms with E-state index in [1.54, 1.807) is 27.6 Å². The topological polar surface area (TPSA) is 147 Å². The number of fused-ring (bicyclic) bond motifs is 3. The minimum absolute atomic E-state index is 0.0246. The quantitative estimate of drug-likeness (QED) is 0.214. The molecule has 4 aromatic rings. The highest BCUT2D eigenvalue weighted by Gasteiger charge is 2.75. The maximum Gasteiger partial charge on any atom is 0.313 e. The number of allylic oxidation sites excluding steroid dienone is 1. The van der Waals surface area contributed by atoms with Gasteiger partial charge in [-0.15, -0.1) is 5.10 Å². The van der Waals surface area contributed by atoms with Crippen molar-refractivity contribution in [1.82, 2.24) is 29.7 Å². The zero-order chi connectivity index (χ0) is 39.1. The van der Waals surface area contributed by atoms with Gasteiger partial charge in [-0.05, 0) is 49.1 Å². The molecule has 56 heavy (non-hydrogen) atoms. The van der Waals surface area contributed by atoms with Crippen molar-refractivity contribution >= 4 is 50.7 Å². The molecule has 290 valence electrons. The fraction of sp³-hybridized carbons (Fsp3) is 0.381. The van der Waals surface area contributed by atoms with Gasteiger partial charge >= 0.3 is 5.97 Å². The van der Waals surface area contributed by atoms with E-state index in [0.29, 0.717) is 27.5 Å². The average molecular weight is 824 g/mol. The summed E-state index contributed by atoms with van der Waals surface area (Å²) in [6.45, 7) is 1.46. The summed E-state index contributed by atoms with van der Waals surface area (Å²) in [4.78, 5) is 63.4. The van der Waals surface area contributed by atoms with Crippen molar-refractivity contribution in [2.75, 3.05) is 20.2 Å². The molecule has 1 spiro atoms. The molecule has 1 N–H and O–H groups in total. The van der Waals surface area contributed by atoms with Gasteiger partial charge in [-0.2, -0.15) is 0 Å². The smallest absolute Gasteiger partial charge is 0.313 e. The summed E-state index contributed by atoms with van der Waals surface area (Å²) in [5.41, 5.74) is 1.33. The minimum atomic E-state index is -1.58. The monoisotopic (exact) mass is 822 g/mol. The first-order valence-corrected chi connectivity index (χ1v) is 19.7. The molecule has 3 aromatic carbocycles. The molecular weight excluding hydrogens is 780 g/mol. The third kappa shape index (κ3) is 6.52. The number of likely N-dealkylation sites (tertiary alicyclic amines) is 1. The van der Waals surface area contributed by atoms with Crippen molar-refractivity contribution in [3.05, 3.63) is 119 Å². The van der Waals surface area contributed by atoms with E-state index in [0.717, 1.165) is 5.56 Å². The Bertz CT molecular complexity index is 2200. The molecule has 14 heteroatoms. The molecule has 2 fully saturated rings. The zero-order valence-corrected chi connectivity index (χ0v) is 32.6. The number of carbonyl (C=O) groups is 4. The van der Waals surface area contributed by atoms with Crippen LogP contribution in [0.2, 0.25) is 0 Å². The summed E-state index contributed by atoms with van der Waals surface area (Å²) in [7, 11) is 1.69. The maximum atomic E-state index is 15.4. The fourth-order valence-corrected chi connectivity index (χ4v) is 9.47. The molecule has 3 amide bonds. The van der Waals surface area contributed by atoms with Crippen LogP contribution < -0.4 is 0 Å². The molecule has 13 nitrogen and oxygen atoms in total. The van der Waals surface area contributed by atoms with Crippen LogP contribution in [0, 0.1) is 11.8 Å². The number of aromatic nitrogens is 3. The van der Waals surface area contributed by atoms with Gasteiger partial charge in [0, 0.05) is 24.5 Å². The van der Waals surface area contributed by atoms with E-state index in [9.17, 15) is 14.7 Å². The van der Waals surface area contributed by atoms with Gasteiger partial charge in [0.05, 0.1) is 30.1 Å². The van der Waals surface area contributed by atoms with Crippen LogP contribution in [0.4, 0.5) is 0 Å². The number of likely N-dealkylation sites (N-methyl/N-ethyl adjacent to an activating group) is 1. The van der Waals surface area contributed by atoms with E-state index in [1.807, 2.05) is 104 Å².